The van der Waals surface area contributed by atoms with Crippen molar-refractivity contribution < 1.29 is 0 Å². The number of fused-ring (bicyclic) bond motifs is 1. The third kappa shape index (κ3) is 8.62. The second-order valence-corrected chi connectivity index (χ2v) is 11.3. The van der Waals surface area contributed by atoms with E-state index in [1.54, 1.807) is 0 Å². The van der Waals surface area contributed by atoms with Crippen LogP contribution in [0, 0.1) is 0 Å². The molecule has 4 rings (SSSR count). The Balaban J connectivity index is 1.30. The lowest BCUT2D eigenvalue weighted by atomic mass is 9.83. The van der Waals surface area contributed by atoms with Gasteiger partial charge in [0.15, 0.2) is 0 Å². The normalized spacial score (nSPS) is 19.4. The monoisotopic (exact) mass is 518 g/mol. The number of dihydropyridines is 1. The van der Waals surface area contributed by atoms with E-state index in [4.69, 9.17) is 4.99 Å². The van der Waals surface area contributed by atoms with Crippen molar-refractivity contribution in [2.75, 3.05) is 33.2 Å². The number of rotatable bonds is 16. The molecule has 38 heavy (non-hydrogen) atoms. The zero-order chi connectivity index (χ0) is 26.6. The second-order valence-electron chi connectivity index (χ2n) is 11.3. The maximum atomic E-state index is 4.96. The first-order valence-corrected chi connectivity index (χ1v) is 15.1. The van der Waals surface area contributed by atoms with Crippen LogP contribution in [0.4, 0.5) is 0 Å². The fraction of sp³-hybridized carbons (Fsp3) is 0.625. The number of aromatic amines is 1. The molecule has 0 bridgehead atoms. The third-order valence-electron chi connectivity index (χ3n) is 8.04. The van der Waals surface area contributed by atoms with Crippen LogP contribution in [0.25, 0.3) is 0 Å². The Morgan fingerprint density at radius 2 is 1.66 bits per heavy atom. The van der Waals surface area contributed by atoms with Crippen LogP contribution in [0.15, 0.2) is 53.3 Å². The molecule has 1 aliphatic carbocycles. The van der Waals surface area contributed by atoms with Crippen molar-refractivity contribution in [3.8, 4) is 0 Å². The summed E-state index contributed by atoms with van der Waals surface area (Å²) in [5.41, 5.74) is 4.30. The van der Waals surface area contributed by atoms with E-state index in [-0.39, 0.29) is 0 Å². The number of aliphatic imine (C=N–C) groups is 1. The minimum absolute atomic E-state index is 0.302. The van der Waals surface area contributed by atoms with Crippen LogP contribution in [0.5, 0.6) is 0 Å². The van der Waals surface area contributed by atoms with Crippen LogP contribution >= 0.6 is 0 Å². The molecule has 1 N–H and O–H groups in total. The summed E-state index contributed by atoms with van der Waals surface area (Å²) in [5, 5.41) is 0. The van der Waals surface area contributed by atoms with E-state index in [1.807, 2.05) is 12.4 Å². The molecule has 0 spiro atoms. The second kappa shape index (κ2) is 15.3. The van der Waals surface area contributed by atoms with Gasteiger partial charge >= 0.3 is 0 Å². The summed E-state index contributed by atoms with van der Waals surface area (Å²) in [5.74, 6) is 1.03. The smallest absolute Gasteiger partial charge is 0.120 e. The standard InChI is InChI=1S/C32H50N6/c1-4-20-37(21-5-2)23-7-6-22-36(3)24-27-13-15-28(16-14-27)25-38(26-31-33-18-19-34-31)30-12-8-10-29-11-9-17-35-32(29)30/h11,13-19,30,32H,4-10,12,20-26H2,1-3H3,(H,33,34). The fourth-order valence-electron chi connectivity index (χ4n) is 6.17. The molecule has 2 aromatic rings. The first-order valence-electron chi connectivity index (χ1n) is 15.1. The average Bonchev–Trinajstić information content (AvgIpc) is 3.45. The van der Waals surface area contributed by atoms with Crippen molar-refractivity contribution in [1.29, 1.82) is 0 Å². The fourth-order valence-corrected chi connectivity index (χ4v) is 6.17. The van der Waals surface area contributed by atoms with E-state index < -0.39 is 0 Å². The molecule has 1 aromatic heterocycles. The van der Waals surface area contributed by atoms with Crippen LogP contribution in [0.1, 0.15) is 82.2 Å². The molecule has 0 saturated heterocycles. The topological polar surface area (TPSA) is 50.8 Å². The quantitative estimate of drug-likeness (QED) is 0.217. The molecule has 1 aromatic carbocycles. The maximum Gasteiger partial charge on any atom is 0.120 e. The first-order chi connectivity index (χ1) is 18.7. The van der Waals surface area contributed by atoms with Crippen molar-refractivity contribution in [1.82, 2.24) is 24.7 Å². The van der Waals surface area contributed by atoms with Gasteiger partial charge in [0.2, 0.25) is 0 Å². The Morgan fingerprint density at radius 1 is 0.921 bits per heavy atom. The molecule has 2 heterocycles. The number of hydrogen-bond acceptors (Lipinski definition) is 5. The van der Waals surface area contributed by atoms with Crippen molar-refractivity contribution in [2.45, 2.75) is 96.9 Å². The highest BCUT2D eigenvalue weighted by Crippen LogP contribution is 2.33. The lowest BCUT2D eigenvalue weighted by Gasteiger charge is -2.40. The zero-order valence-electron chi connectivity index (χ0n) is 24.1. The lowest BCUT2D eigenvalue weighted by molar-refractivity contribution is 0.137. The summed E-state index contributed by atoms with van der Waals surface area (Å²) in [6, 6.07) is 10.0. The molecule has 208 valence electrons. The number of allylic oxidation sites excluding steroid dienone is 1. The molecule has 2 aliphatic rings. The number of benzene rings is 1. The number of H-pyrrole nitrogens is 1. The molecule has 1 saturated carbocycles. The number of imidazole rings is 1. The Hall–Kier alpha value is -2.28. The highest BCUT2D eigenvalue weighted by atomic mass is 15.2. The summed E-state index contributed by atoms with van der Waals surface area (Å²) in [7, 11) is 2.26. The van der Waals surface area contributed by atoms with Gasteiger partial charge in [0.05, 0.1) is 12.6 Å². The molecular weight excluding hydrogens is 468 g/mol. The summed E-state index contributed by atoms with van der Waals surface area (Å²) in [6.07, 6.45) is 18.0. The molecule has 6 heteroatoms. The van der Waals surface area contributed by atoms with Crippen LogP contribution in [-0.4, -0.2) is 76.2 Å². The van der Waals surface area contributed by atoms with Crippen LogP contribution in [-0.2, 0) is 19.6 Å². The number of nitrogens with one attached hydrogen (secondary N) is 1. The van der Waals surface area contributed by atoms with E-state index in [9.17, 15) is 0 Å². The number of nitrogens with zero attached hydrogens (tertiary/aromatic N) is 5. The predicted octanol–water partition coefficient (Wildman–Crippen LogP) is 6.07. The lowest BCUT2D eigenvalue weighted by Crippen LogP contribution is -2.45. The van der Waals surface area contributed by atoms with Crippen LogP contribution < -0.4 is 0 Å². The molecule has 0 amide bonds. The van der Waals surface area contributed by atoms with Gasteiger partial charge in [0.25, 0.3) is 0 Å². The Bertz CT molecular complexity index is 974. The van der Waals surface area contributed by atoms with Crippen molar-refractivity contribution in [3.05, 3.63) is 65.3 Å². The molecule has 2 atom stereocenters. The van der Waals surface area contributed by atoms with E-state index in [2.05, 4.69) is 82.1 Å². The van der Waals surface area contributed by atoms with Crippen LogP contribution in [0.2, 0.25) is 0 Å². The van der Waals surface area contributed by atoms with Gasteiger partial charge in [-0.05, 0) is 94.9 Å². The average molecular weight is 519 g/mol. The molecule has 2 unspecified atom stereocenters. The number of hydrogen-bond donors (Lipinski definition) is 1. The number of unbranched alkanes of at least 4 members (excludes halogenated alkanes) is 1. The largest absolute Gasteiger partial charge is 0.348 e. The highest BCUT2D eigenvalue weighted by Gasteiger charge is 2.33. The van der Waals surface area contributed by atoms with Crippen molar-refractivity contribution in [3.63, 3.8) is 0 Å². The Labute approximate surface area is 231 Å². The summed E-state index contributed by atoms with van der Waals surface area (Å²) in [4.78, 5) is 20.5. The predicted molar refractivity (Wildman–Crippen MR) is 159 cm³/mol. The molecule has 0 radical (unpaired) electrons. The van der Waals surface area contributed by atoms with Crippen LogP contribution in [0.3, 0.4) is 0 Å². The molecular formula is C32H50N6. The van der Waals surface area contributed by atoms with Crippen molar-refractivity contribution >= 4 is 6.21 Å². The highest BCUT2D eigenvalue weighted by molar-refractivity contribution is 5.62. The SMILES string of the molecule is CCCN(CCC)CCCCN(C)Cc1ccc(CN(Cc2ncc[nH]2)C2CCCC3=CCC=NC32)cc1. The van der Waals surface area contributed by atoms with Gasteiger partial charge in [-0.3, -0.25) is 9.89 Å². The molecule has 1 fully saturated rings. The minimum atomic E-state index is 0.302. The zero-order valence-corrected chi connectivity index (χ0v) is 24.1. The van der Waals surface area contributed by atoms with Gasteiger partial charge in [-0.2, -0.15) is 0 Å². The van der Waals surface area contributed by atoms with Gasteiger partial charge in [0.1, 0.15) is 5.82 Å². The van der Waals surface area contributed by atoms with E-state index in [1.165, 1.54) is 81.3 Å². The van der Waals surface area contributed by atoms with Gasteiger partial charge in [-0.15, -0.1) is 0 Å². The molecule has 1 aliphatic heterocycles. The first kappa shape index (κ1) is 28.7. The minimum Gasteiger partial charge on any atom is -0.348 e. The summed E-state index contributed by atoms with van der Waals surface area (Å²) in [6.45, 7) is 12.2. The van der Waals surface area contributed by atoms with E-state index in [0.717, 1.165) is 38.4 Å². The Kier molecular flexibility index (Phi) is 11.6. The third-order valence-corrected chi connectivity index (χ3v) is 8.04. The van der Waals surface area contributed by atoms with E-state index in [0.29, 0.717) is 12.1 Å². The van der Waals surface area contributed by atoms with Crippen molar-refractivity contribution in [2.24, 2.45) is 4.99 Å². The molecule has 6 nitrogen and oxygen atoms in total. The van der Waals surface area contributed by atoms with Gasteiger partial charge in [0, 0.05) is 44.2 Å². The number of aromatic nitrogens is 2. The Morgan fingerprint density at radius 3 is 2.37 bits per heavy atom. The maximum absolute atomic E-state index is 4.96. The van der Waals surface area contributed by atoms with E-state index >= 15 is 0 Å². The summed E-state index contributed by atoms with van der Waals surface area (Å²) < 4.78 is 0. The van der Waals surface area contributed by atoms with Gasteiger partial charge < -0.3 is 14.8 Å². The van der Waals surface area contributed by atoms with Gasteiger partial charge in [-0.1, -0.05) is 44.2 Å². The summed E-state index contributed by atoms with van der Waals surface area (Å²) >= 11 is 0. The van der Waals surface area contributed by atoms with Gasteiger partial charge in [-0.25, -0.2) is 4.98 Å².